The van der Waals surface area contributed by atoms with Gasteiger partial charge in [0.15, 0.2) is 0 Å². The zero-order chi connectivity index (χ0) is 27.5. The smallest absolute Gasteiger partial charge is 0.393 e. The number of halogens is 7. The van der Waals surface area contributed by atoms with Crippen molar-refractivity contribution in [2.24, 2.45) is 10.3 Å². The molecule has 200 valence electrons. The summed E-state index contributed by atoms with van der Waals surface area (Å²) in [6.45, 7) is -0.871. The lowest BCUT2D eigenvalue weighted by Crippen LogP contribution is -2.42. The number of rotatable bonds is 8. The van der Waals surface area contributed by atoms with E-state index in [4.69, 9.17) is 39.6 Å². The third-order valence-corrected chi connectivity index (χ3v) is 6.98. The van der Waals surface area contributed by atoms with Gasteiger partial charge in [-0.25, -0.2) is 4.39 Å². The molecule has 3 aromatic carbocycles. The Morgan fingerprint density at radius 3 is 2.47 bits per heavy atom. The Labute approximate surface area is 229 Å². The van der Waals surface area contributed by atoms with Crippen molar-refractivity contribution < 1.29 is 32.0 Å². The molecule has 6 nitrogen and oxygen atoms in total. The Morgan fingerprint density at radius 2 is 1.82 bits per heavy atom. The highest BCUT2D eigenvalue weighted by atomic mass is 35.5. The third kappa shape index (κ3) is 5.39. The van der Waals surface area contributed by atoms with E-state index in [-0.39, 0.29) is 45.1 Å². The van der Waals surface area contributed by atoms with Gasteiger partial charge in [-0.15, -0.1) is 0 Å². The van der Waals surface area contributed by atoms with Crippen molar-refractivity contribution in [2.75, 3.05) is 19.8 Å². The summed E-state index contributed by atoms with van der Waals surface area (Å²) in [5.41, 5.74) is -2.54. The van der Waals surface area contributed by atoms with Crippen LogP contribution in [0.2, 0.25) is 15.1 Å². The second-order valence-electron chi connectivity index (χ2n) is 8.11. The standard InChI is InChI=1S/C25H18Cl3F4N3O3/c26-19-11-14(12-20(27)22(19)28)24(25(30,31)32)13-21(35-38-24)17-5-6-18(16-4-2-1-3-15(16)17)23(36)33-8-9-34-37-10-7-29/h1-6,9,11-12H,7-8,10,13H2,(H,33,36). The second-order valence-corrected chi connectivity index (χ2v) is 9.30. The molecular weight excluding hydrogens is 573 g/mol. The van der Waals surface area contributed by atoms with Gasteiger partial charge in [-0.1, -0.05) is 75.4 Å². The molecule has 0 bridgehead atoms. The van der Waals surface area contributed by atoms with Crippen molar-refractivity contribution in [3.8, 4) is 0 Å². The van der Waals surface area contributed by atoms with E-state index >= 15 is 0 Å². The fourth-order valence-corrected chi connectivity index (χ4v) is 4.59. The quantitative estimate of drug-likeness (QED) is 0.100. The van der Waals surface area contributed by atoms with E-state index < -0.39 is 30.8 Å². The number of hydrogen-bond donors (Lipinski definition) is 1. The summed E-state index contributed by atoms with van der Waals surface area (Å²) in [5.74, 6) is -0.454. The van der Waals surface area contributed by atoms with Gasteiger partial charge in [0.05, 0.1) is 33.5 Å². The van der Waals surface area contributed by atoms with E-state index in [1.54, 1.807) is 24.3 Å². The number of fused-ring (bicyclic) bond motifs is 1. The monoisotopic (exact) mass is 589 g/mol. The largest absolute Gasteiger partial charge is 0.435 e. The van der Waals surface area contributed by atoms with Crippen molar-refractivity contribution >= 4 is 63.4 Å². The molecule has 1 N–H and O–H groups in total. The van der Waals surface area contributed by atoms with Crippen LogP contribution in [0.1, 0.15) is 27.9 Å². The molecule has 4 rings (SSSR count). The van der Waals surface area contributed by atoms with Gasteiger partial charge < -0.3 is 15.0 Å². The van der Waals surface area contributed by atoms with Crippen LogP contribution in [0, 0.1) is 0 Å². The number of hydrogen-bond acceptors (Lipinski definition) is 5. The molecule has 1 unspecified atom stereocenters. The van der Waals surface area contributed by atoms with Gasteiger partial charge in [-0.05, 0) is 29.0 Å². The Kier molecular flexibility index (Phi) is 8.34. The van der Waals surface area contributed by atoms with E-state index in [9.17, 15) is 22.4 Å². The van der Waals surface area contributed by atoms with Gasteiger partial charge in [0, 0.05) is 23.1 Å². The molecule has 0 radical (unpaired) electrons. The molecule has 38 heavy (non-hydrogen) atoms. The van der Waals surface area contributed by atoms with Crippen LogP contribution in [0.3, 0.4) is 0 Å². The zero-order valence-corrected chi connectivity index (χ0v) is 21.6. The highest BCUT2D eigenvalue weighted by molar-refractivity contribution is 6.48. The Bertz CT molecular complexity index is 1410. The highest BCUT2D eigenvalue weighted by Crippen LogP contribution is 2.51. The van der Waals surface area contributed by atoms with E-state index in [1.165, 1.54) is 18.3 Å². The van der Waals surface area contributed by atoms with Gasteiger partial charge in [0.1, 0.15) is 13.3 Å². The van der Waals surface area contributed by atoms with E-state index in [0.717, 1.165) is 12.1 Å². The molecule has 1 amide bonds. The third-order valence-electron chi connectivity index (χ3n) is 5.79. The van der Waals surface area contributed by atoms with Crippen molar-refractivity contribution in [1.29, 1.82) is 0 Å². The SMILES string of the molecule is O=C(NCC=NOCCF)c1ccc(C2=NOC(c3cc(Cl)c(Cl)c(Cl)c3)(C(F)(F)F)C2)c2ccccc12. The molecule has 1 aliphatic heterocycles. The van der Waals surface area contributed by atoms with Crippen LogP contribution in [-0.2, 0) is 15.3 Å². The number of carbonyl (C=O) groups excluding carboxylic acids is 1. The van der Waals surface area contributed by atoms with E-state index in [2.05, 4.69) is 20.5 Å². The Hall–Kier alpha value is -3.08. The Morgan fingerprint density at radius 1 is 1.13 bits per heavy atom. The maximum absolute atomic E-state index is 14.4. The number of carbonyl (C=O) groups is 1. The minimum Gasteiger partial charge on any atom is -0.393 e. The number of amides is 1. The summed E-state index contributed by atoms with van der Waals surface area (Å²) in [6, 6.07) is 11.8. The topological polar surface area (TPSA) is 72.3 Å². The molecule has 0 spiro atoms. The average Bonchev–Trinajstić information content (AvgIpc) is 3.35. The second kappa shape index (κ2) is 11.3. The van der Waals surface area contributed by atoms with Crippen LogP contribution in [-0.4, -0.2) is 43.8 Å². The number of oxime groups is 2. The summed E-state index contributed by atoms with van der Waals surface area (Å²) < 4.78 is 55.4. The zero-order valence-electron chi connectivity index (χ0n) is 19.3. The van der Waals surface area contributed by atoms with Crippen molar-refractivity contribution in [2.45, 2.75) is 18.2 Å². The van der Waals surface area contributed by atoms with Crippen molar-refractivity contribution in [3.05, 3.63) is 80.3 Å². The predicted molar refractivity (Wildman–Crippen MR) is 138 cm³/mol. The lowest BCUT2D eigenvalue weighted by Gasteiger charge is -2.30. The van der Waals surface area contributed by atoms with Crippen LogP contribution >= 0.6 is 34.8 Å². The molecule has 1 heterocycles. The molecular formula is C25H18Cl3F4N3O3. The fraction of sp³-hybridized carbons (Fsp3) is 0.240. The first-order valence-electron chi connectivity index (χ1n) is 11.1. The molecule has 3 aromatic rings. The van der Waals surface area contributed by atoms with Gasteiger partial charge in [-0.2, -0.15) is 13.2 Å². The molecule has 13 heteroatoms. The molecule has 0 fully saturated rings. The number of nitrogens with zero attached hydrogens (tertiary/aromatic N) is 2. The summed E-state index contributed by atoms with van der Waals surface area (Å²) >= 11 is 18.0. The predicted octanol–water partition coefficient (Wildman–Crippen LogP) is 7.08. The van der Waals surface area contributed by atoms with Gasteiger partial charge in [-0.3, -0.25) is 4.79 Å². The van der Waals surface area contributed by atoms with Crippen LogP contribution in [0.15, 0.2) is 58.8 Å². The first-order valence-corrected chi connectivity index (χ1v) is 12.2. The summed E-state index contributed by atoms with van der Waals surface area (Å²) in [6.07, 6.45) is -4.29. The molecule has 0 saturated carbocycles. The molecule has 0 aromatic heterocycles. The van der Waals surface area contributed by atoms with Crippen molar-refractivity contribution in [1.82, 2.24) is 5.32 Å². The molecule has 0 aliphatic carbocycles. The van der Waals surface area contributed by atoms with E-state index in [1.807, 2.05) is 0 Å². The minimum atomic E-state index is -4.89. The molecule has 1 atom stereocenters. The molecule has 1 aliphatic rings. The maximum Gasteiger partial charge on any atom is 0.435 e. The normalized spacial score (nSPS) is 17.5. The van der Waals surface area contributed by atoms with E-state index in [0.29, 0.717) is 16.3 Å². The van der Waals surface area contributed by atoms with Crippen LogP contribution in [0.5, 0.6) is 0 Å². The lowest BCUT2D eigenvalue weighted by molar-refractivity contribution is -0.275. The molecule has 0 saturated heterocycles. The minimum absolute atomic E-state index is 0.0159. The summed E-state index contributed by atoms with van der Waals surface area (Å²) in [5, 5.41) is 10.5. The number of benzene rings is 3. The average molecular weight is 591 g/mol. The van der Waals surface area contributed by atoms with Crippen LogP contribution in [0.4, 0.5) is 17.6 Å². The van der Waals surface area contributed by atoms with Crippen LogP contribution in [0.25, 0.3) is 10.8 Å². The van der Waals surface area contributed by atoms with Gasteiger partial charge in [0.25, 0.3) is 11.5 Å². The number of nitrogens with one attached hydrogen (secondary N) is 1. The van der Waals surface area contributed by atoms with Gasteiger partial charge >= 0.3 is 6.18 Å². The lowest BCUT2D eigenvalue weighted by atomic mass is 9.85. The highest BCUT2D eigenvalue weighted by Gasteiger charge is 2.62. The maximum atomic E-state index is 14.4. The van der Waals surface area contributed by atoms with Crippen LogP contribution < -0.4 is 5.32 Å². The first kappa shape index (κ1) is 27.9. The fourth-order valence-electron chi connectivity index (χ4n) is 4.00. The summed E-state index contributed by atoms with van der Waals surface area (Å²) in [4.78, 5) is 22.5. The Balaban J connectivity index is 1.66. The van der Waals surface area contributed by atoms with Crippen molar-refractivity contribution in [3.63, 3.8) is 0 Å². The summed E-state index contributed by atoms with van der Waals surface area (Å²) in [7, 11) is 0. The van der Waals surface area contributed by atoms with Gasteiger partial charge in [0.2, 0.25) is 0 Å². The first-order chi connectivity index (χ1) is 18.1. The number of alkyl halides is 4.